The second kappa shape index (κ2) is 7.00. The van der Waals surface area contributed by atoms with E-state index in [-0.39, 0.29) is 5.69 Å². The summed E-state index contributed by atoms with van der Waals surface area (Å²) in [6, 6.07) is 14.5. The number of aryl methyl sites for hydroxylation is 1. The van der Waals surface area contributed by atoms with Crippen molar-refractivity contribution in [3.63, 3.8) is 0 Å². The van der Waals surface area contributed by atoms with Crippen molar-refractivity contribution in [2.45, 2.75) is 13.5 Å². The normalized spacial score (nSPS) is 10.1. The summed E-state index contributed by atoms with van der Waals surface area (Å²) in [6.07, 6.45) is 0. The van der Waals surface area contributed by atoms with Crippen LogP contribution in [0.1, 0.15) is 11.1 Å². The van der Waals surface area contributed by atoms with Gasteiger partial charge in [0.15, 0.2) is 5.11 Å². The van der Waals surface area contributed by atoms with E-state index >= 15 is 0 Å². The smallest absolute Gasteiger partial charge is 0.269 e. The van der Waals surface area contributed by atoms with Crippen LogP contribution in [0.2, 0.25) is 0 Å². The zero-order chi connectivity index (χ0) is 16.1. The Bertz CT molecular complexity index is 669. The Kier molecular flexibility index (Phi) is 5.06. The number of nitro benzene ring substituents is 1. The first-order valence-electron chi connectivity index (χ1n) is 6.78. The van der Waals surface area contributed by atoms with Gasteiger partial charge in [0, 0.05) is 31.4 Å². The van der Waals surface area contributed by atoms with E-state index in [0.29, 0.717) is 11.7 Å². The molecule has 0 aliphatic heterocycles. The fourth-order valence-corrected chi connectivity index (χ4v) is 2.11. The maximum atomic E-state index is 10.6. The Labute approximate surface area is 134 Å². The van der Waals surface area contributed by atoms with Gasteiger partial charge < -0.3 is 10.2 Å². The number of nitro groups is 1. The first-order chi connectivity index (χ1) is 10.5. The highest BCUT2D eigenvalue weighted by atomic mass is 32.1. The van der Waals surface area contributed by atoms with Gasteiger partial charge in [0.25, 0.3) is 5.69 Å². The molecular formula is C16H17N3O2S. The van der Waals surface area contributed by atoms with Crippen LogP contribution in [0.25, 0.3) is 0 Å². The molecule has 0 saturated heterocycles. The van der Waals surface area contributed by atoms with Crippen LogP contribution in [0.4, 0.5) is 11.4 Å². The Morgan fingerprint density at radius 1 is 1.18 bits per heavy atom. The first kappa shape index (κ1) is 15.9. The average molecular weight is 315 g/mol. The van der Waals surface area contributed by atoms with E-state index in [1.165, 1.54) is 23.3 Å². The van der Waals surface area contributed by atoms with Gasteiger partial charge in [-0.05, 0) is 36.8 Å². The third kappa shape index (κ3) is 4.26. The fourth-order valence-electron chi connectivity index (χ4n) is 1.92. The van der Waals surface area contributed by atoms with Gasteiger partial charge in [0.2, 0.25) is 0 Å². The molecule has 0 heterocycles. The highest BCUT2D eigenvalue weighted by molar-refractivity contribution is 7.80. The Balaban J connectivity index is 1.95. The van der Waals surface area contributed by atoms with Gasteiger partial charge in [-0.2, -0.15) is 0 Å². The molecule has 0 aromatic heterocycles. The minimum Gasteiger partial charge on any atom is -0.348 e. The Morgan fingerprint density at radius 2 is 1.77 bits per heavy atom. The van der Waals surface area contributed by atoms with Crippen LogP contribution in [0.15, 0.2) is 48.5 Å². The average Bonchev–Trinajstić information content (AvgIpc) is 2.50. The van der Waals surface area contributed by atoms with E-state index in [2.05, 4.69) is 29.6 Å². The number of benzene rings is 2. The number of anilines is 1. The van der Waals surface area contributed by atoms with Crippen molar-refractivity contribution in [3.8, 4) is 0 Å². The fraction of sp³-hybridized carbons (Fsp3) is 0.188. The molecule has 1 N–H and O–H groups in total. The quantitative estimate of drug-likeness (QED) is 0.529. The van der Waals surface area contributed by atoms with E-state index in [1.54, 1.807) is 12.1 Å². The summed E-state index contributed by atoms with van der Waals surface area (Å²) in [5, 5.41) is 14.3. The topological polar surface area (TPSA) is 58.4 Å². The van der Waals surface area contributed by atoms with Gasteiger partial charge in [-0.1, -0.05) is 29.8 Å². The number of nitrogens with zero attached hydrogens (tertiary/aromatic N) is 2. The van der Waals surface area contributed by atoms with Crippen molar-refractivity contribution in [3.05, 3.63) is 69.8 Å². The van der Waals surface area contributed by atoms with Crippen molar-refractivity contribution in [2.75, 3.05) is 12.4 Å². The van der Waals surface area contributed by atoms with Crippen molar-refractivity contribution >= 4 is 28.7 Å². The molecule has 22 heavy (non-hydrogen) atoms. The predicted octanol–water partition coefficient (Wildman–Crippen LogP) is 3.73. The molecule has 6 heteroatoms. The summed E-state index contributed by atoms with van der Waals surface area (Å²) in [4.78, 5) is 12.1. The van der Waals surface area contributed by atoms with Crippen LogP contribution in [0, 0.1) is 17.0 Å². The molecule has 0 unspecified atom stereocenters. The lowest BCUT2D eigenvalue weighted by atomic mass is 10.1. The molecule has 2 aromatic rings. The van der Waals surface area contributed by atoms with Gasteiger partial charge in [-0.25, -0.2) is 0 Å². The molecule has 0 saturated carbocycles. The first-order valence-corrected chi connectivity index (χ1v) is 7.18. The van der Waals surface area contributed by atoms with Crippen LogP contribution < -0.4 is 5.32 Å². The second-order valence-corrected chi connectivity index (χ2v) is 5.46. The summed E-state index contributed by atoms with van der Waals surface area (Å²) >= 11 is 5.35. The summed E-state index contributed by atoms with van der Waals surface area (Å²) in [6.45, 7) is 2.74. The van der Waals surface area contributed by atoms with Crippen LogP contribution in [0.3, 0.4) is 0 Å². The Morgan fingerprint density at radius 3 is 2.32 bits per heavy atom. The zero-order valence-corrected chi connectivity index (χ0v) is 13.3. The molecule has 0 spiro atoms. The molecular weight excluding hydrogens is 298 g/mol. The molecule has 5 nitrogen and oxygen atoms in total. The summed E-state index contributed by atoms with van der Waals surface area (Å²) < 4.78 is 0. The highest BCUT2D eigenvalue weighted by Gasteiger charge is 2.08. The van der Waals surface area contributed by atoms with Crippen LogP contribution in [-0.2, 0) is 6.54 Å². The molecule has 0 aliphatic rings. The lowest BCUT2D eigenvalue weighted by molar-refractivity contribution is -0.384. The van der Waals surface area contributed by atoms with E-state index in [1.807, 2.05) is 18.9 Å². The van der Waals surface area contributed by atoms with Gasteiger partial charge >= 0.3 is 0 Å². The van der Waals surface area contributed by atoms with Gasteiger partial charge in [0.05, 0.1) is 4.92 Å². The molecule has 2 rings (SSSR count). The number of hydrogen-bond donors (Lipinski definition) is 1. The van der Waals surface area contributed by atoms with Gasteiger partial charge in [0.1, 0.15) is 0 Å². The molecule has 0 aliphatic carbocycles. The van der Waals surface area contributed by atoms with E-state index in [4.69, 9.17) is 12.2 Å². The maximum absolute atomic E-state index is 10.6. The molecule has 0 atom stereocenters. The van der Waals surface area contributed by atoms with Crippen LogP contribution in [-0.4, -0.2) is 22.0 Å². The van der Waals surface area contributed by atoms with Crippen molar-refractivity contribution in [2.24, 2.45) is 0 Å². The van der Waals surface area contributed by atoms with E-state index < -0.39 is 4.92 Å². The second-order valence-electron chi connectivity index (χ2n) is 5.08. The minimum atomic E-state index is -0.425. The highest BCUT2D eigenvalue weighted by Crippen LogP contribution is 2.16. The summed E-state index contributed by atoms with van der Waals surface area (Å²) in [7, 11) is 1.90. The standard InChI is InChI=1S/C16H17N3O2S/c1-12-3-5-13(6-4-12)11-18(2)16(22)17-14-7-9-15(10-8-14)19(20)21/h3-10H,11H2,1-2H3,(H,17,22). The van der Waals surface area contributed by atoms with Crippen molar-refractivity contribution < 1.29 is 4.92 Å². The van der Waals surface area contributed by atoms with Crippen molar-refractivity contribution in [1.29, 1.82) is 0 Å². The lowest BCUT2D eigenvalue weighted by Gasteiger charge is -2.21. The summed E-state index contributed by atoms with van der Waals surface area (Å²) in [5.74, 6) is 0. The number of nitrogens with one attached hydrogen (secondary N) is 1. The van der Waals surface area contributed by atoms with Crippen LogP contribution in [0.5, 0.6) is 0 Å². The number of rotatable bonds is 4. The molecule has 0 amide bonds. The minimum absolute atomic E-state index is 0.0597. The van der Waals surface area contributed by atoms with Gasteiger partial charge in [-0.3, -0.25) is 10.1 Å². The van der Waals surface area contributed by atoms with Gasteiger partial charge in [-0.15, -0.1) is 0 Å². The third-order valence-electron chi connectivity index (χ3n) is 3.22. The molecule has 0 radical (unpaired) electrons. The van der Waals surface area contributed by atoms with E-state index in [9.17, 15) is 10.1 Å². The zero-order valence-electron chi connectivity index (χ0n) is 12.4. The SMILES string of the molecule is Cc1ccc(CN(C)C(=S)Nc2ccc([N+](=O)[O-])cc2)cc1. The molecule has 0 fully saturated rings. The largest absolute Gasteiger partial charge is 0.348 e. The Hall–Kier alpha value is -2.47. The predicted molar refractivity (Wildman–Crippen MR) is 92.0 cm³/mol. The number of thiocarbonyl (C=S) groups is 1. The summed E-state index contributed by atoms with van der Waals surface area (Å²) in [5.41, 5.74) is 3.18. The third-order valence-corrected chi connectivity index (χ3v) is 3.63. The lowest BCUT2D eigenvalue weighted by Crippen LogP contribution is -2.30. The molecule has 114 valence electrons. The monoisotopic (exact) mass is 315 g/mol. The number of non-ortho nitro benzene ring substituents is 1. The van der Waals surface area contributed by atoms with Crippen molar-refractivity contribution in [1.82, 2.24) is 4.90 Å². The van der Waals surface area contributed by atoms with E-state index in [0.717, 1.165) is 5.69 Å². The molecule has 2 aromatic carbocycles. The number of hydrogen-bond acceptors (Lipinski definition) is 3. The maximum Gasteiger partial charge on any atom is 0.269 e. The molecule has 0 bridgehead atoms. The van der Waals surface area contributed by atoms with Crippen LogP contribution >= 0.6 is 12.2 Å².